The third-order valence-corrected chi connectivity index (χ3v) is 4.95. The first kappa shape index (κ1) is 16.5. The second-order valence-corrected chi connectivity index (χ2v) is 6.76. The molecule has 0 atom stereocenters. The van der Waals surface area contributed by atoms with Crippen molar-refractivity contribution in [3.63, 3.8) is 0 Å². The molecule has 0 spiro atoms. The zero-order valence-corrected chi connectivity index (χ0v) is 15.1. The molecule has 1 heterocycles. The smallest absolute Gasteiger partial charge is 0.225 e. The van der Waals surface area contributed by atoms with E-state index in [0.29, 0.717) is 11.5 Å². The van der Waals surface area contributed by atoms with Crippen LogP contribution in [-0.2, 0) is 4.79 Å². The number of rotatable bonds is 3. The van der Waals surface area contributed by atoms with E-state index in [0.717, 1.165) is 32.0 Å². The molecule has 0 aliphatic rings. The van der Waals surface area contributed by atoms with Crippen LogP contribution in [0, 0.1) is 6.92 Å². The molecule has 24 heavy (non-hydrogen) atoms. The normalized spacial score (nSPS) is 10.6. The Morgan fingerprint density at radius 3 is 2.75 bits per heavy atom. The highest BCUT2D eigenvalue weighted by Crippen LogP contribution is 2.34. The van der Waals surface area contributed by atoms with Crippen molar-refractivity contribution in [3.05, 3.63) is 48.0 Å². The van der Waals surface area contributed by atoms with Gasteiger partial charge in [0.05, 0.1) is 10.2 Å². The van der Waals surface area contributed by atoms with E-state index in [1.54, 1.807) is 18.3 Å². The van der Waals surface area contributed by atoms with Crippen molar-refractivity contribution in [3.8, 4) is 10.6 Å². The van der Waals surface area contributed by atoms with Gasteiger partial charge in [0.2, 0.25) is 5.91 Å². The predicted molar refractivity (Wildman–Crippen MR) is 104 cm³/mol. The van der Waals surface area contributed by atoms with Crippen molar-refractivity contribution in [1.82, 2.24) is 10.3 Å². The van der Waals surface area contributed by atoms with Crippen LogP contribution in [0.15, 0.2) is 42.5 Å². The number of aromatic nitrogens is 1. The number of carbonyl (C=O) groups excluding carboxylic acids is 1. The Hall–Kier alpha value is -2.31. The molecule has 122 valence electrons. The minimum Gasteiger partial charge on any atom is -0.332 e. The molecule has 0 unspecified atom stereocenters. The van der Waals surface area contributed by atoms with Gasteiger partial charge in [0.15, 0.2) is 5.11 Å². The Kier molecular flexibility index (Phi) is 4.87. The minimum atomic E-state index is -0.104. The van der Waals surface area contributed by atoms with Crippen LogP contribution < -0.4 is 10.6 Å². The number of amides is 1. The highest BCUT2D eigenvalue weighted by Gasteiger charge is 2.12. The van der Waals surface area contributed by atoms with Crippen LogP contribution in [0.3, 0.4) is 0 Å². The molecular weight excluding hydrogens is 338 g/mol. The summed E-state index contributed by atoms with van der Waals surface area (Å²) < 4.78 is 1.16. The molecule has 0 radical (unpaired) electrons. The lowest BCUT2D eigenvalue weighted by Gasteiger charge is -2.13. The highest BCUT2D eigenvalue weighted by molar-refractivity contribution is 7.80. The van der Waals surface area contributed by atoms with Crippen molar-refractivity contribution < 1.29 is 4.79 Å². The van der Waals surface area contributed by atoms with E-state index in [1.807, 2.05) is 43.3 Å². The average Bonchev–Trinajstić information content (AvgIpc) is 3.00. The van der Waals surface area contributed by atoms with E-state index in [4.69, 9.17) is 17.2 Å². The molecule has 0 saturated heterocycles. The third-order valence-electron chi connectivity index (χ3n) is 3.68. The first-order valence-electron chi connectivity index (χ1n) is 7.65. The zero-order valence-electron chi connectivity index (χ0n) is 13.4. The summed E-state index contributed by atoms with van der Waals surface area (Å²) in [5, 5.41) is 7.03. The quantitative estimate of drug-likeness (QED) is 0.680. The van der Waals surface area contributed by atoms with Gasteiger partial charge in [-0.3, -0.25) is 4.79 Å². The Bertz CT molecular complexity index is 885. The summed E-state index contributed by atoms with van der Waals surface area (Å²) in [6, 6.07) is 14.0. The van der Waals surface area contributed by atoms with Gasteiger partial charge in [0.25, 0.3) is 0 Å². The van der Waals surface area contributed by atoms with Crippen molar-refractivity contribution in [1.29, 1.82) is 0 Å². The van der Waals surface area contributed by atoms with Crippen molar-refractivity contribution in [2.24, 2.45) is 0 Å². The number of nitrogens with zero attached hydrogens (tertiary/aromatic N) is 1. The fourth-order valence-electron chi connectivity index (χ4n) is 2.36. The van der Waals surface area contributed by atoms with Crippen LogP contribution in [0.4, 0.5) is 5.69 Å². The third kappa shape index (κ3) is 3.44. The standard InChI is InChI=1S/C18H17N3OS2/c1-3-16(22)21-18(23)20-13-9-6-7-12(11(13)2)17-19-14-8-4-5-10-15(14)24-17/h4-10H,3H2,1-2H3,(H2,20,21,22,23). The number of nitrogens with one attached hydrogen (secondary N) is 2. The molecule has 0 fully saturated rings. The Morgan fingerprint density at radius 1 is 1.21 bits per heavy atom. The summed E-state index contributed by atoms with van der Waals surface area (Å²) in [7, 11) is 0. The number of thiocarbonyl (C=S) groups is 1. The van der Waals surface area contributed by atoms with E-state index in [-0.39, 0.29) is 5.91 Å². The second kappa shape index (κ2) is 7.07. The van der Waals surface area contributed by atoms with E-state index in [9.17, 15) is 4.79 Å². The molecule has 6 heteroatoms. The van der Waals surface area contributed by atoms with Gasteiger partial charge in [-0.25, -0.2) is 4.98 Å². The van der Waals surface area contributed by atoms with Crippen LogP contribution in [0.2, 0.25) is 0 Å². The molecule has 1 aromatic heterocycles. The SMILES string of the molecule is CCC(=O)NC(=S)Nc1cccc(-c2nc3ccccc3s2)c1C. The molecule has 0 aliphatic heterocycles. The van der Waals surface area contributed by atoms with Crippen LogP contribution in [0.25, 0.3) is 20.8 Å². The van der Waals surface area contributed by atoms with Gasteiger partial charge in [-0.15, -0.1) is 11.3 Å². The first-order chi connectivity index (χ1) is 11.6. The molecule has 4 nitrogen and oxygen atoms in total. The van der Waals surface area contributed by atoms with E-state index < -0.39 is 0 Å². The summed E-state index contributed by atoms with van der Waals surface area (Å²) in [6.07, 6.45) is 0.395. The van der Waals surface area contributed by atoms with Gasteiger partial charge in [0.1, 0.15) is 5.01 Å². The molecule has 3 aromatic rings. The summed E-state index contributed by atoms with van der Waals surface area (Å²) in [5.74, 6) is -0.104. The van der Waals surface area contributed by atoms with Crippen molar-refractivity contribution >= 4 is 50.5 Å². The van der Waals surface area contributed by atoms with E-state index in [2.05, 4.69) is 16.7 Å². The number of para-hydroxylation sites is 1. The lowest BCUT2D eigenvalue weighted by molar-refractivity contribution is -0.119. The summed E-state index contributed by atoms with van der Waals surface area (Å²) >= 11 is 6.86. The lowest BCUT2D eigenvalue weighted by Crippen LogP contribution is -2.33. The zero-order chi connectivity index (χ0) is 17.1. The van der Waals surface area contributed by atoms with E-state index in [1.165, 1.54) is 0 Å². The number of fused-ring (bicyclic) bond motifs is 1. The summed E-state index contributed by atoms with van der Waals surface area (Å²) in [6.45, 7) is 3.81. The number of thiazole rings is 1. The molecule has 0 aliphatic carbocycles. The maximum Gasteiger partial charge on any atom is 0.225 e. The fourth-order valence-corrected chi connectivity index (χ4v) is 3.63. The molecule has 3 rings (SSSR count). The molecule has 2 aromatic carbocycles. The van der Waals surface area contributed by atoms with Crippen LogP contribution >= 0.6 is 23.6 Å². The van der Waals surface area contributed by atoms with Crippen LogP contribution in [0.1, 0.15) is 18.9 Å². The Labute approximate surface area is 149 Å². The molecule has 0 saturated carbocycles. The first-order valence-corrected chi connectivity index (χ1v) is 8.87. The van der Waals surface area contributed by atoms with Crippen molar-refractivity contribution in [2.75, 3.05) is 5.32 Å². The van der Waals surface area contributed by atoms with Gasteiger partial charge in [-0.05, 0) is 42.9 Å². The van der Waals surface area contributed by atoms with Crippen LogP contribution in [-0.4, -0.2) is 16.0 Å². The van der Waals surface area contributed by atoms with Crippen LogP contribution in [0.5, 0.6) is 0 Å². The number of hydrogen-bond donors (Lipinski definition) is 2. The van der Waals surface area contributed by atoms with Gasteiger partial charge in [0, 0.05) is 17.7 Å². The maximum atomic E-state index is 11.4. The number of carbonyl (C=O) groups is 1. The highest BCUT2D eigenvalue weighted by atomic mass is 32.1. The molecule has 1 amide bonds. The summed E-state index contributed by atoms with van der Waals surface area (Å²) in [5.41, 5.74) is 3.98. The predicted octanol–water partition coefficient (Wildman–Crippen LogP) is 4.49. The largest absolute Gasteiger partial charge is 0.332 e. The number of anilines is 1. The molecule has 0 bridgehead atoms. The van der Waals surface area contributed by atoms with Gasteiger partial charge < -0.3 is 10.6 Å². The van der Waals surface area contributed by atoms with Gasteiger partial charge >= 0.3 is 0 Å². The number of hydrogen-bond acceptors (Lipinski definition) is 4. The maximum absolute atomic E-state index is 11.4. The van der Waals surface area contributed by atoms with Gasteiger partial charge in [-0.1, -0.05) is 31.2 Å². The Morgan fingerprint density at radius 2 is 2.00 bits per heavy atom. The monoisotopic (exact) mass is 355 g/mol. The molecular formula is C18H17N3OS2. The van der Waals surface area contributed by atoms with Crippen molar-refractivity contribution in [2.45, 2.75) is 20.3 Å². The lowest BCUT2D eigenvalue weighted by atomic mass is 10.1. The fraction of sp³-hybridized carbons (Fsp3) is 0.167. The topological polar surface area (TPSA) is 54.0 Å². The number of benzene rings is 2. The minimum absolute atomic E-state index is 0.104. The van der Waals surface area contributed by atoms with E-state index >= 15 is 0 Å². The van der Waals surface area contributed by atoms with Gasteiger partial charge in [-0.2, -0.15) is 0 Å². The second-order valence-electron chi connectivity index (χ2n) is 5.32. The molecule has 2 N–H and O–H groups in total. The average molecular weight is 355 g/mol. The summed E-state index contributed by atoms with van der Waals surface area (Å²) in [4.78, 5) is 16.2. The Balaban J connectivity index is 1.90.